The van der Waals surface area contributed by atoms with Crippen molar-refractivity contribution in [3.05, 3.63) is 58.9 Å². The first-order chi connectivity index (χ1) is 8.58. The van der Waals surface area contributed by atoms with E-state index in [0.717, 1.165) is 0 Å². The normalized spacial score (nSPS) is 10.2. The predicted molar refractivity (Wildman–Crippen MR) is 67.9 cm³/mol. The first kappa shape index (κ1) is 12.6. The standard InChI is InChI=1S/C14H10ClFO2/c1-9(17)10-4-2-5-11(8-10)18-13-7-3-6-12(15)14(13)16/h2-8H,1H3. The van der Waals surface area contributed by atoms with Crippen LogP contribution in [-0.2, 0) is 0 Å². The molecular formula is C14H10ClFO2. The van der Waals surface area contributed by atoms with E-state index in [-0.39, 0.29) is 16.6 Å². The van der Waals surface area contributed by atoms with Gasteiger partial charge in [-0.3, -0.25) is 4.79 Å². The largest absolute Gasteiger partial charge is 0.454 e. The molecule has 0 aliphatic rings. The molecular weight excluding hydrogens is 255 g/mol. The molecule has 0 spiro atoms. The lowest BCUT2D eigenvalue weighted by atomic mass is 10.1. The molecule has 0 amide bonds. The molecule has 0 saturated heterocycles. The molecule has 0 N–H and O–H groups in total. The Morgan fingerprint density at radius 1 is 1.22 bits per heavy atom. The highest BCUT2D eigenvalue weighted by molar-refractivity contribution is 6.30. The first-order valence-corrected chi connectivity index (χ1v) is 5.68. The Kier molecular flexibility index (Phi) is 3.63. The number of hydrogen-bond donors (Lipinski definition) is 0. The van der Waals surface area contributed by atoms with Gasteiger partial charge in [-0.25, -0.2) is 4.39 Å². The van der Waals surface area contributed by atoms with E-state index in [0.29, 0.717) is 11.3 Å². The number of carbonyl (C=O) groups is 1. The van der Waals surface area contributed by atoms with Crippen LogP contribution in [0.2, 0.25) is 5.02 Å². The Bertz CT molecular complexity index is 596. The molecule has 2 rings (SSSR count). The Hall–Kier alpha value is -1.87. The maximum atomic E-state index is 13.6. The van der Waals surface area contributed by atoms with Gasteiger partial charge in [0.15, 0.2) is 17.3 Å². The van der Waals surface area contributed by atoms with Gasteiger partial charge in [0.2, 0.25) is 0 Å². The Morgan fingerprint density at radius 3 is 2.67 bits per heavy atom. The molecule has 0 atom stereocenters. The van der Waals surface area contributed by atoms with Gasteiger partial charge in [-0.1, -0.05) is 29.8 Å². The number of Topliss-reactive ketones (excluding diaryl/α,β-unsaturated/α-hetero) is 1. The van der Waals surface area contributed by atoms with Crippen LogP contribution in [0.5, 0.6) is 11.5 Å². The molecule has 0 fully saturated rings. The molecule has 0 aromatic heterocycles. The van der Waals surface area contributed by atoms with Crippen molar-refractivity contribution in [1.29, 1.82) is 0 Å². The smallest absolute Gasteiger partial charge is 0.184 e. The van der Waals surface area contributed by atoms with Crippen LogP contribution in [0, 0.1) is 5.82 Å². The van der Waals surface area contributed by atoms with Gasteiger partial charge in [0.25, 0.3) is 0 Å². The van der Waals surface area contributed by atoms with Gasteiger partial charge in [0, 0.05) is 5.56 Å². The minimum Gasteiger partial charge on any atom is -0.454 e. The van der Waals surface area contributed by atoms with Crippen molar-refractivity contribution in [2.24, 2.45) is 0 Å². The Morgan fingerprint density at radius 2 is 1.94 bits per heavy atom. The third-order valence-electron chi connectivity index (χ3n) is 2.38. The van der Waals surface area contributed by atoms with Gasteiger partial charge in [0.1, 0.15) is 5.75 Å². The van der Waals surface area contributed by atoms with Crippen molar-refractivity contribution >= 4 is 17.4 Å². The van der Waals surface area contributed by atoms with E-state index in [9.17, 15) is 9.18 Å². The number of halogens is 2. The lowest BCUT2D eigenvalue weighted by molar-refractivity contribution is 0.101. The summed E-state index contributed by atoms with van der Waals surface area (Å²) < 4.78 is 19.0. The average Bonchev–Trinajstić information content (AvgIpc) is 2.35. The van der Waals surface area contributed by atoms with Crippen LogP contribution in [0.25, 0.3) is 0 Å². The molecule has 0 radical (unpaired) electrons. The molecule has 4 heteroatoms. The highest BCUT2D eigenvalue weighted by atomic mass is 35.5. The van der Waals surface area contributed by atoms with Crippen LogP contribution in [0.1, 0.15) is 17.3 Å². The lowest BCUT2D eigenvalue weighted by Gasteiger charge is -2.08. The first-order valence-electron chi connectivity index (χ1n) is 5.31. The van der Waals surface area contributed by atoms with Crippen LogP contribution >= 0.6 is 11.6 Å². The summed E-state index contributed by atoms with van der Waals surface area (Å²) in [6.45, 7) is 1.46. The van der Waals surface area contributed by atoms with Gasteiger partial charge >= 0.3 is 0 Å². The van der Waals surface area contributed by atoms with E-state index in [1.54, 1.807) is 30.3 Å². The summed E-state index contributed by atoms with van der Waals surface area (Å²) in [6, 6.07) is 11.1. The topological polar surface area (TPSA) is 26.3 Å². The van der Waals surface area contributed by atoms with Crippen molar-refractivity contribution in [3.63, 3.8) is 0 Å². The molecule has 2 aromatic carbocycles. The van der Waals surface area contributed by atoms with E-state index >= 15 is 0 Å². The van der Waals surface area contributed by atoms with Crippen molar-refractivity contribution in [1.82, 2.24) is 0 Å². The molecule has 2 aromatic rings. The Labute approximate surface area is 109 Å². The van der Waals surface area contributed by atoms with Crippen molar-refractivity contribution in [3.8, 4) is 11.5 Å². The van der Waals surface area contributed by atoms with Crippen LogP contribution in [0.4, 0.5) is 4.39 Å². The zero-order chi connectivity index (χ0) is 13.1. The number of rotatable bonds is 3. The molecule has 0 heterocycles. The highest BCUT2D eigenvalue weighted by Crippen LogP contribution is 2.29. The second kappa shape index (κ2) is 5.19. The summed E-state index contributed by atoms with van der Waals surface area (Å²) in [7, 11) is 0. The summed E-state index contributed by atoms with van der Waals surface area (Å²) in [4.78, 5) is 11.2. The number of ketones is 1. The molecule has 0 unspecified atom stereocenters. The Balaban J connectivity index is 2.31. The molecule has 92 valence electrons. The van der Waals surface area contributed by atoms with Gasteiger partial charge in [0.05, 0.1) is 5.02 Å². The lowest BCUT2D eigenvalue weighted by Crippen LogP contribution is -1.93. The summed E-state index contributed by atoms with van der Waals surface area (Å²) in [6.07, 6.45) is 0. The number of ether oxygens (including phenoxy) is 1. The molecule has 0 bridgehead atoms. The van der Waals surface area contributed by atoms with Crippen molar-refractivity contribution in [2.75, 3.05) is 0 Å². The third kappa shape index (κ3) is 2.68. The van der Waals surface area contributed by atoms with Gasteiger partial charge < -0.3 is 4.74 Å². The third-order valence-corrected chi connectivity index (χ3v) is 2.68. The van der Waals surface area contributed by atoms with E-state index in [1.807, 2.05) is 0 Å². The summed E-state index contributed by atoms with van der Waals surface area (Å²) in [5, 5.41) is -0.00442. The van der Waals surface area contributed by atoms with Crippen LogP contribution in [0.15, 0.2) is 42.5 Å². The minimum atomic E-state index is -0.618. The average molecular weight is 265 g/mol. The van der Waals surface area contributed by atoms with Crippen molar-refractivity contribution in [2.45, 2.75) is 6.92 Å². The monoisotopic (exact) mass is 264 g/mol. The predicted octanol–water partition coefficient (Wildman–Crippen LogP) is 4.47. The number of benzene rings is 2. The highest BCUT2D eigenvalue weighted by Gasteiger charge is 2.09. The van der Waals surface area contributed by atoms with E-state index in [2.05, 4.69) is 0 Å². The van der Waals surface area contributed by atoms with E-state index in [4.69, 9.17) is 16.3 Å². The SMILES string of the molecule is CC(=O)c1cccc(Oc2cccc(Cl)c2F)c1. The quantitative estimate of drug-likeness (QED) is 0.765. The maximum Gasteiger partial charge on any atom is 0.184 e. The van der Waals surface area contributed by atoms with E-state index in [1.165, 1.54) is 19.1 Å². The maximum absolute atomic E-state index is 13.6. The molecule has 2 nitrogen and oxygen atoms in total. The van der Waals surface area contributed by atoms with Gasteiger partial charge in [-0.05, 0) is 31.2 Å². The van der Waals surface area contributed by atoms with Gasteiger partial charge in [-0.15, -0.1) is 0 Å². The summed E-state index contributed by atoms with van der Waals surface area (Å²) in [5.41, 5.74) is 0.509. The fourth-order valence-corrected chi connectivity index (χ4v) is 1.63. The summed E-state index contributed by atoms with van der Waals surface area (Å²) in [5.74, 6) is -0.272. The molecule has 0 saturated carbocycles. The molecule has 18 heavy (non-hydrogen) atoms. The van der Waals surface area contributed by atoms with Crippen LogP contribution in [-0.4, -0.2) is 5.78 Å². The van der Waals surface area contributed by atoms with Crippen molar-refractivity contribution < 1.29 is 13.9 Å². The zero-order valence-electron chi connectivity index (χ0n) is 9.61. The number of carbonyl (C=O) groups excluding carboxylic acids is 1. The summed E-state index contributed by atoms with van der Waals surface area (Å²) >= 11 is 5.65. The van der Waals surface area contributed by atoms with Gasteiger partial charge in [-0.2, -0.15) is 0 Å². The number of hydrogen-bond acceptors (Lipinski definition) is 2. The second-order valence-electron chi connectivity index (χ2n) is 3.74. The zero-order valence-corrected chi connectivity index (χ0v) is 10.4. The van der Waals surface area contributed by atoms with E-state index < -0.39 is 5.82 Å². The minimum absolute atomic E-state index is 0.00442. The van der Waals surface area contributed by atoms with Crippen LogP contribution in [0.3, 0.4) is 0 Å². The fraction of sp³-hybridized carbons (Fsp3) is 0.0714. The molecule has 0 aliphatic carbocycles. The fourth-order valence-electron chi connectivity index (χ4n) is 1.47. The van der Waals surface area contributed by atoms with Crippen LogP contribution < -0.4 is 4.74 Å². The second-order valence-corrected chi connectivity index (χ2v) is 4.15. The molecule has 0 aliphatic heterocycles.